The lowest BCUT2D eigenvalue weighted by Crippen LogP contribution is -2.00. The molecule has 2 aromatic rings. The van der Waals surface area contributed by atoms with E-state index in [1.54, 1.807) is 6.20 Å². The second-order valence-corrected chi connectivity index (χ2v) is 5.18. The minimum atomic E-state index is 0.407. The summed E-state index contributed by atoms with van der Waals surface area (Å²) in [5.41, 5.74) is 1.54. The standard InChI is InChI=1S/C13H9Br2NO2/c14-11-6-16-13(12(15)10(11)7-17)18-8-9-4-2-1-3-5-9/h1-7H,8H2. The maximum absolute atomic E-state index is 10.9. The Morgan fingerprint density at radius 1 is 1.22 bits per heavy atom. The Hall–Kier alpha value is -1.20. The number of benzene rings is 1. The highest BCUT2D eigenvalue weighted by molar-refractivity contribution is 9.11. The molecule has 0 bridgehead atoms. The van der Waals surface area contributed by atoms with E-state index in [1.165, 1.54) is 0 Å². The Balaban J connectivity index is 2.18. The van der Waals surface area contributed by atoms with E-state index in [0.29, 0.717) is 27.0 Å². The van der Waals surface area contributed by atoms with Gasteiger partial charge in [0.15, 0.2) is 6.29 Å². The fourth-order valence-electron chi connectivity index (χ4n) is 1.40. The zero-order valence-corrected chi connectivity index (χ0v) is 12.4. The first-order valence-electron chi connectivity index (χ1n) is 5.18. The lowest BCUT2D eigenvalue weighted by molar-refractivity contribution is 0.112. The molecule has 2 rings (SSSR count). The third kappa shape index (κ3) is 2.97. The number of ether oxygens (including phenoxy) is 1. The van der Waals surface area contributed by atoms with E-state index in [9.17, 15) is 4.79 Å². The molecular weight excluding hydrogens is 362 g/mol. The van der Waals surface area contributed by atoms with Crippen molar-refractivity contribution < 1.29 is 9.53 Å². The molecule has 0 fully saturated rings. The first-order chi connectivity index (χ1) is 8.72. The Morgan fingerprint density at radius 3 is 2.61 bits per heavy atom. The Labute approximate surface area is 121 Å². The molecular formula is C13H9Br2NO2. The topological polar surface area (TPSA) is 39.2 Å². The molecule has 0 unspecified atom stereocenters. The Kier molecular flexibility index (Phi) is 4.49. The van der Waals surface area contributed by atoms with Gasteiger partial charge in [-0.15, -0.1) is 0 Å². The van der Waals surface area contributed by atoms with E-state index in [-0.39, 0.29) is 0 Å². The monoisotopic (exact) mass is 369 g/mol. The summed E-state index contributed by atoms with van der Waals surface area (Å²) in [6.07, 6.45) is 2.31. The van der Waals surface area contributed by atoms with E-state index in [2.05, 4.69) is 36.8 Å². The summed E-state index contributed by atoms with van der Waals surface area (Å²) in [5, 5.41) is 0. The van der Waals surface area contributed by atoms with Gasteiger partial charge in [-0.1, -0.05) is 30.3 Å². The van der Waals surface area contributed by atoms with Crippen molar-refractivity contribution in [2.75, 3.05) is 0 Å². The van der Waals surface area contributed by atoms with Crippen LogP contribution in [0.5, 0.6) is 5.88 Å². The maximum Gasteiger partial charge on any atom is 0.229 e. The molecule has 1 aromatic carbocycles. The summed E-state index contributed by atoms with van der Waals surface area (Å²) >= 11 is 6.58. The van der Waals surface area contributed by atoms with Crippen LogP contribution in [0.15, 0.2) is 45.5 Å². The van der Waals surface area contributed by atoms with Crippen molar-refractivity contribution in [2.45, 2.75) is 6.61 Å². The minimum absolute atomic E-state index is 0.407. The highest BCUT2D eigenvalue weighted by Gasteiger charge is 2.11. The third-order valence-corrected chi connectivity index (χ3v) is 3.71. The molecule has 0 radical (unpaired) electrons. The summed E-state index contributed by atoms with van der Waals surface area (Å²) in [5.74, 6) is 0.407. The highest BCUT2D eigenvalue weighted by atomic mass is 79.9. The summed E-state index contributed by atoms with van der Waals surface area (Å²) in [4.78, 5) is 15.1. The second kappa shape index (κ2) is 6.11. The molecule has 0 atom stereocenters. The van der Waals surface area contributed by atoms with Gasteiger partial charge in [-0.25, -0.2) is 4.98 Å². The number of hydrogen-bond donors (Lipinski definition) is 0. The van der Waals surface area contributed by atoms with Gasteiger partial charge in [0, 0.05) is 16.2 Å². The van der Waals surface area contributed by atoms with Gasteiger partial charge in [-0.3, -0.25) is 4.79 Å². The van der Waals surface area contributed by atoms with Crippen LogP contribution >= 0.6 is 31.9 Å². The van der Waals surface area contributed by atoms with Crippen LogP contribution in [0.2, 0.25) is 0 Å². The zero-order valence-electron chi connectivity index (χ0n) is 9.27. The van der Waals surface area contributed by atoms with Crippen LogP contribution < -0.4 is 4.74 Å². The number of hydrogen-bond acceptors (Lipinski definition) is 3. The number of carbonyl (C=O) groups is 1. The van der Waals surface area contributed by atoms with E-state index < -0.39 is 0 Å². The fraction of sp³-hybridized carbons (Fsp3) is 0.0769. The Morgan fingerprint density at radius 2 is 1.94 bits per heavy atom. The van der Waals surface area contributed by atoms with Gasteiger partial charge in [-0.2, -0.15) is 0 Å². The fourth-order valence-corrected chi connectivity index (χ4v) is 2.58. The van der Waals surface area contributed by atoms with Crippen LogP contribution in [0.25, 0.3) is 0 Å². The van der Waals surface area contributed by atoms with Crippen molar-refractivity contribution in [1.29, 1.82) is 0 Å². The average molecular weight is 371 g/mol. The molecule has 0 amide bonds. The van der Waals surface area contributed by atoms with Crippen molar-refractivity contribution in [1.82, 2.24) is 4.98 Å². The molecule has 0 spiro atoms. The lowest BCUT2D eigenvalue weighted by atomic mass is 10.2. The van der Waals surface area contributed by atoms with E-state index >= 15 is 0 Å². The van der Waals surface area contributed by atoms with Crippen LogP contribution in [0.3, 0.4) is 0 Å². The summed E-state index contributed by atoms with van der Waals surface area (Å²) in [6, 6.07) is 9.77. The van der Waals surface area contributed by atoms with Crippen molar-refractivity contribution in [3.05, 3.63) is 56.6 Å². The minimum Gasteiger partial charge on any atom is -0.472 e. The van der Waals surface area contributed by atoms with Gasteiger partial charge < -0.3 is 4.74 Å². The van der Waals surface area contributed by atoms with Crippen LogP contribution in [0.4, 0.5) is 0 Å². The normalized spacial score (nSPS) is 10.1. The van der Waals surface area contributed by atoms with Crippen molar-refractivity contribution >= 4 is 38.1 Å². The molecule has 0 saturated heterocycles. The van der Waals surface area contributed by atoms with E-state index in [0.717, 1.165) is 11.8 Å². The molecule has 1 heterocycles. The van der Waals surface area contributed by atoms with Gasteiger partial charge in [-0.05, 0) is 37.4 Å². The molecule has 0 aliphatic carbocycles. The smallest absolute Gasteiger partial charge is 0.229 e. The number of carbonyl (C=O) groups excluding carboxylic acids is 1. The first kappa shape index (κ1) is 13.2. The molecule has 5 heteroatoms. The zero-order chi connectivity index (χ0) is 13.0. The van der Waals surface area contributed by atoms with E-state index in [1.807, 2.05) is 30.3 Å². The predicted molar refractivity (Wildman–Crippen MR) is 75.8 cm³/mol. The summed E-state index contributed by atoms with van der Waals surface area (Å²) in [6.45, 7) is 0.409. The van der Waals surface area contributed by atoms with Gasteiger partial charge in [0.1, 0.15) is 6.61 Å². The molecule has 18 heavy (non-hydrogen) atoms. The SMILES string of the molecule is O=Cc1c(Br)cnc(OCc2ccccc2)c1Br. The van der Waals surface area contributed by atoms with Crippen molar-refractivity contribution in [3.8, 4) is 5.88 Å². The average Bonchev–Trinajstić information content (AvgIpc) is 2.40. The van der Waals surface area contributed by atoms with Gasteiger partial charge in [0.2, 0.25) is 5.88 Å². The number of aromatic nitrogens is 1. The number of aldehydes is 1. The molecule has 0 N–H and O–H groups in total. The summed E-state index contributed by atoms with van der Waals surface area (Å²) in [7, 11) is 0. The van der Waals surface area contributed by atoms with Crippen molar-refractivity contribution in [3.63, 3.8) is 0 Å². The molecule has 1 aromatic heterocycles. The molecule has 0 aliphatic heterocycles. The quantitative estimate of drug-likeness (QED) is 0.763. The number of nitrogens with zero attached hydrogens (tertiary/aromatic N) is 1. The molecule has 0 aliphatic rings. The Bertz CT molecular complexity index is 558. The highest BCUT2D eigenvalue weighted by Crippen LogP contribution is 2.30. The first-order valence-corrected chi connectivity index (χ1v) is 6.77. The van der Waals surface area contributed by atoms with Crippen molar-refractivity contribution in [2.24, 2.45) is 0 Å². The number of pyridine rings is 1. The maximum atomic E-state index is 10.9. The predicted octanol–water partition coefficient (Wildman–Crippen LogP) is 4.00. The van der Waals surface area contributed by atoms with E-state index in [4.69, 9.17) is 4.74 Å². The lowest BCUT2D eigenvalue weighted by Gasteiger charge is -2.09. The van der Waals surface area contributed by atoms with Crippen LogP contribution in [-0.2, 0) is 6.61 Å². The number of halogens is 2. The van der Waals surface area contributed by atoms with Gasteiger partial charge >= 0.3 is 0 Å². The van der Waals surface area contributed by atoms with Gasteiger partial charge in [0.05, 0.1) is 4.47 Å². The van der Waals surface area contributed by atoms with Gasteiger partial charge in [0.25, 0.3) is 0 Å². The van der Waals surface area contributed by atoms with Crippen LogP contribution in [0.1, 0.15) is 15.9 Å². The molecule has 0 saturated carbocycles. The van der Waals surface area contributed by atoms with Crippen LogP contribution in [0, 0.1) is 0 Å². The summed E-state index contributed by atoms with van der Waals surface area (Å²) < 4.78 is 6.78. The molecule has 92 valence electrons. The third-order valence-electron chi connectivity index (χ3n) is 2.31. The number of rotatable bonds is 4. The molecule has 3 nitrogen and oxygen atoms in total. The largest absolute Gasteiger partial charge is 0.472 e. The van der Waals surface area contributed by atoms with Crippen LogP contribution in [-0.4, -0.2) is 11.3 Å². The second-order valence-electron chi connectivity index (χ2n) is 3.53.